The van der Waals surface area contributed by atoms with Crippen molar-refractivity contribution in [1.29, 1.82) is 0 Å². The van der Waals surface area contributed by atoms with Gasteiger partial charge in [-0.2, -0.15) is 4.31 Å². The average Bonchev–Trinajstić information content (AvgIpc) is 2.66. The van der Waals surface area contributed by atoms with Crippen LogP contribution in [0.25, 0.3) is 0 Å². The number of halogens is 2. The van der Waals surface area contributed by atoms with Gasteiger partial charge in [-0.05, 0) is 33.8 Å². The van der Waals surface area contributed by atoms with Crippen LogP contribution in [-0.2, 0) is 10.0 Å². The van der Waals surface area contributed by atoms with Gasteiger partial charge in [0.2, 0.25) is 0 Å². The Labute approximate surface area is 117 Å². The van der Waals surface area contributed by atoms with Crippen LogP contribution < -0.4 is 0 Å². The molecule has 16 heavy (non-hydrogen) atoms. The summed E-state index contributed by atoms with van der Waals surface area (Å²) in [6.45, 7) is 2.90. The molecule has 0 aliphatic heterocycles. The molecule has 0 fully saturated rings. The maximum absolute atomic E-state index is 12.2. The van der Waals surface area contributed by atoms with Crippen LogP contribution in [0.1, 0.15) is 13.3 Å². The third kappa shape index (κ3) is 3.29. The molecule has 0 N–H and O–H groups in total. The summed E-state index contributed by atoms with van der Waals surface area (Å²) < 4.78 is 27.0. The maximum Gasteiger partial charge on any atom is 0.253 e. The van der Waals surface area contributed by atoms with Gasteiger partial charge in [0.15, 0.2) is 0 Å². The molecule has 1 rings (SSSR count). The van der Waals surface area contributed by atoms with Gasteiger partial charge in [0.25, 0.3) is 10.0 Å². The van der Waals surface area contributed by atoms with E-state index in [1.165, 1.54) is 15.6 Å². The van der Waals surface area contributed by atoms with E-state index in [4.69, 9.17) is 0 Å². The van der Waals surface area contributed by atoms with E-state index in [-0.39, 0.29) is 0 Å². The van der Waals surface area contributed by atoms with Crippen molar-refractivity contribution >= 4 is 53.2 Å². The number of alkyl halides is 1. The van der Waals surface area contributed by atoms with Crippen molar-refractivity contribution in [3.8, 4) is 0 Å². The van der Waals surface area contributed by atoms with E-state index >= 15 is 0 Å². The summed E-state index contributed by atoms with van der Waals surface area (Å²) in [6, 6.07) is 1.76. The predicted octanol–water partition coefficient (Wildman–Crippen LogP) is 3.31. The fourth-order valence-corrected chi connectivity index (χ4v) is 5.45. The molecule has 0 spiro atoms. The second-order valence-electron chi connectivity index (χ2n) is 3.10. The van der Waals surface area contributed by atoms with Gasteiger partial charge in [0.05, 0.1) is 0 Å². The van der Waals surface area contributed by atoms with E-state index in [1.807, 2.05) is 6.92 Å². The lowest BCUT2D eigenvalue weighted by atomic mass is 10.5. The quantitative estimate of drug-likeness (QED) is 0.698. The van der Waals surface area contributed by atoms with Crippen LogP contribution in [-0.4, -0.2) is 31.1 Å². The van der Waals surface area contributed by atoms with E-state index in [0.29, 0.717) is 21.8 Å². The van der Waals surface area contributed by atoms with Crippen LogP contribution in [0.15, 0.2) is 20.1 Å². The van der Waals surface area contributed by atoms with E-state index in [1.54, 1.807) is 11.4 Å². The van der Waals surface area contributed by atoms with Gasteiger partial charge in [0, 0.05) is 22.9 Å². The predicted molar refractivity (Wildman–Crippen MR) is 74.9 cm³/mol. The number of nitrogens with zero attached hydrogens (tertiary/aromatic N) is 1. The minimum Gasteiger partial charge on any atom is -0.206 e. The average molecular weight is 391 g/mol. The lowest BCUT2D eigenvalue weighted by Gasteiger charge is -2.19. The lowest BCUT2D eigenvalue weighted by molar-refractivity contribution is 0.430. The Morgan fingerprint density at radius 1 is 1.50 bits per heavy atom. The monoisotopic (exact) mass is 389 g/mol. The third-order valence-electron chi connectivity index (χ3n) is 2.05. The minimum atomic E-state index is -3.33. The molecule has 0 aliphatic rings. The van der Waals surface area contributed by atoms with E-state index in [0.717, 1.165) is 11.8 Å². The first-order valence-electron chi connectivity index (χ1n) is 4.83. The number of hydrogen-bond acceptors (Lipinski definition) is 3. The van der Waals surface area contributed by atoms with Crippen LogP contribution in [0, 0.1) is 0 Å². The molecular weight excluding hydrogens is 378 g/mol. The molecule has 7 heteroatoms. The Kier molecular flexibility index (Phi) is 5.93. The first-order valence-corrected chi connectivity index (χ1v) is 9.06. The Morgan fingerprint density at radius 2 is 2.19 bits per heavy atom. The van der Waals surface area contributed by atoms with Gasteiger partial charge in [-0.25, -0.2) is 8.42 Å². The molecule has 92 valence electrons. The SMILES string of the molecule is CCN(CCCBr)S(=O)(=O)c1sccc1Br. The largest absolute Gasteiger partial charge is 0.253 e. The fourth-order valence-electron chi connectivity index (χ4n) is 1.27. The second-order valence-corrected chi connectivity index (χ2v) is 7.79. The normalized spacial score (nSPS) is 12.2. The van der Waals surface area contributed by atoms with Crippen LogP contribution in [0.3, 0.4) is 0 Å². The Morgan fingerprint density at radius 3 is 2.62 bits per heavy atom. The maximum atomic E-state index is 12.2. The van der Waals surface area contributed by atoms with Crippen molar-refractivity contribution in [2.24, 2.45) is 0 Å². The van der Waals surface area contributed by atoms with Crippen molar-refractivity contribution in [1.82, 2.24) is 4.31 Å². The van der Waals surface area contributed by atoms with Crippen LogP contribution in [0.5, 0.6) is 0 Å². The zero-order valence-electron chi connectivity index (χ0n) is 8.82. The second kappa shape index (κ2) is 6.49. The zero-order chi connectivity index (χ0) is 12.2. The van der Waals surface area contributed by atoms with Crippen molar-refractivity contribution in [2.45, 2.75) is 17.6 Å². The summed E-state index contributed by atoms with van der Waals surface area (Å²) in [4.78, 5) is 0. The molecule has 1 aromatic rings. The molecule has 0 amide bonds. The van der Waals surface area contributed by atoms with Gasteiger partial charge >= 0.3 is 0 Å². The number of thiophene rings is 1. The molecule has 0 unspecified atom stereocenters. The summed E-state index contributed by atoms with van der Waals surface area (Å²) in [7, 11) is -3.33. The van der Waals surface area contributed by atoms with Gasteiger partial charge in [0.1, 0.15) is 4.21 Å². The Bertz CT molecular complexity index is 430. The van der Waals surface area contributed by atoms with Crippen molar-refractivity contribution in [2.75, 3.05) is 18.4 Å². The molecule has 1 aromatic heterocycles. The molecule has 0 radical (unpaired) electrons. The minimum absolute atomic E-state index is 0.393. The molecule has 0 aromatic carbocycles. The molecule has 0 atom stereocenters. The van der Waals surface area contributed by atoms with Crippen molar-refractivity contribution in [3.63, 3.8) is 0 Å². The number of rotatable bonds is 6. The van der Waals surface area contributed by atoms with E-state index in [9.17, 15) is 8.42 Å². The highest BCUT2D eigenvalue weighted by Gasteiger charge is 2.25. The lowest BCUT2D eigenvalue weighted by Crippen LogP contribution is -2.31. The molecule has 0 saturated carbocycles. The fraction of sp³-hybridized carbons (Fsp3) is 0.556. The summed E-state index contributed by atoms with van der Waals surface area (Å²) in [5.41, 5.74) is 0. The Balaban J connectivity index is 2.95. The van der Waals surface area contributed by atoms with Crippen molar-refractivity contribution < 1.29 is 8.42 Å². The molecular formula is C9H13Br2NO2S2. The Hall–Kier alpha value is 0.570. The van der Waals surface area contributed by atoms with Crippen LogP contribution >= 0.6 is 43.2 Å². The smallest absolute Gasteiger partial charge is 0.206 e. The van der Waals surface area contributed by atoms with Gasteiger partial charge in [-0.3, -0.25) is 0 Å². The van der Waals surface area contributed by atoms with Gasteiger partial charge < -0.3 is 0 Å². The molecule has 0 aliphatic carbocycles. The van der Waals surface area contributed by atoms with Crippen LogP contribution in [0.4, 0.5) is 0 Å². The highest BCUT2D eigenvalue weighted by Crippen LogP contribution is 2.30. The standard InChI is InChI=1S/C9H13Br2NO2S2/c1-2-12(6-3-5-10)16(13,14)9-8(11)4-7-15-9/h4,7H,2-3,5-6H2,1H3. The van der Waals surface area contributed by atoms with Gasteiger partial charge in [-0.15, -0.1) is 11.3 Å². The summed E-state index contributed by atoms with van der Waals surface area (Å²) in [6.07, 6.45) is 0.816. The summed E-state index contributed by atoms with van der Waals surface area (Å²) in [5, 5.41) is 2.58. The van der Waals surface area contributed by atoms with E-state index < -0.39 is 10.0 Å². The number of hydrogen-bond donors (Lipinski definition) is 0. The highest BCUT2D eigenvalue weighted by molar-refractivity contribution is 9.10. The first-order chi connectivity index (χ1) is 7.54. The zero-order valence-corrected chi connectivity index (χ0v) is 13.6. The topological polar surface area (TPSA) is 37.4 Å². The third-order valence-corrected chi connectivity index (χ3v) is 7.23. The molecule has 3 nitrogen and oxygen atoms in total. The molecule has 0 bridgehead atoms. The van der Waals surface area contributed by atoms with Crippen LogP contribution in [0.2, 0.25) is 0 Å². The summed E-state index contributed by atoms with van der Waals surface area (Å²) >= 11 is 7.82. The summed E-state index contributed by atoms with van der Waals surface area (Å²) in [5.74, 6) is 0. The molecule has 0 saturated heterocycles. The first kappa shape index (κ1) is 14.6. The molecule has 1 heterocycles. The van der Waals surface area contributed by atoms with E-state index in [2.05, 4.69) is 31.9 Å². The highest BCUT2D eigenvalue weighted by atomic mass is 79.9. The van der Waals surface area contributed by atoms with Gasteiger partial charge in [-0.1, -0.05) is 22.9 Å². The van der Waals surface area contributed by atoms with Crippen molar-refractivity contribution in [3.05, 3.63) is 15.9 Å². The number of sulfonamides is 1.